The predicted molar refractivity (Wildman–Crippen MR) is 73.6 cm³/mol. The molecule has 0 bridgehead atoms. The molecule has 17 heavy (non-hydrogen) atoms. The molecule has 0 atom stereocenters. The van der Waals surface area contributed by atoms with Crippen LogP contribution in [0.2, 0.25) is 0 Å². The zero-order chi connectivity index (χ0) is 11.8. The Hall–Kier alpha value is -0.320. The highest BCUT2D eigenvalue weighted by atomic mass is 35.5. The van der Waals surface area contributed by atoms with E-state index in [1.807, 2.05) is 0 Å². The predicted octanol–water partition coefficient (Wildman–Crippen LogP) is 0.866. The molecule has 0 aromatic rings. The van der Waals surface area contributed by atoms with E-state index in [0.717, 1.165) is 52.1 Å². The Bertz CT molecular complexity index is 204. The summed E-state index contributed by atoms with van der Waals surface area (Å²) in [6, 6.07) is 0. The van der Waals surface area contributed by atoms with Gasteiger partial charge in [0.05, 0.1) is 0 Å². The minimum atomic E-state index is 0. The molecular formula is C12H26ClN3O. The lowest BCUT2D eigenvalue weighted by Crippen LogP contribution is -2.46. The average Bonchev–Trinajstić information content (AvgIpc) is 2.32. The Morgan fingerprint density at radius 1 is 1.29 bits per heavy atom. The van der Waals surface area contributed by atoms with Crippen LogP contribution >= 0.6 is 12.4 Å². The van der Waals surface area contributed by atoms with Gasteiger partial charge in [-0.05, 0) is 12.8 Å². The smallest absolute Gasteiger partial charge is 0.223 e. The van der Waals surface area contributed by atoms with E-state index < -0.39 is 0 Å². The second-order valence-corrected chi connectivity index (χ2v) is 4.40. The molecular weight excluding hydrogens is 238 g/mol. The third-order valence-corrected chi connectivity index (χ3v) is 3.29. The van der Waals surface area contributed by atoms with Crippen molar-refractivity contribution in [3.05, 3.63) is 0 Å². The summed E-state index contributed by atoms with van der Waals surface area (Å²) in [7, 11) is 0. The van der Waals surface area contributed by atoms with E-state index in [9.17, 15) is 4.79 Å². The third kappa shape index (κ3) is 6.24. The number of nitrogens with zero attached hydrogens (tertiary/aromatic N) is 1. The van der Waals surface area contributed by atoms with E-state index in [0.29, 0.717) is 0 Å². The maximum Gasteiger partial charge on any atom is 0.223 e. The van der Waals surface area contributed by atoms with Crippen LogP contribution in [-0.2, 0) is 4.79 Å². The summed E-state index contributed by atoms with van der Waals surface area (Å²) in [6.45, 7) is 10.2. The molecule has 0 unspecified atom stereocenters. The number of carbonyl (C=O) groups excluding carboxylic acids is 1. The molecule has 102 valence electrons. The minimum absolute atomic E-state index is 0. The molecule has 0 spiro atoms. The number of piperazine rings is 1. The molecule has 2 N–H and O–H groups in total. The van der Waals surface area contributed by atoms with Crippen molar-refractivity contribution in [2.45, 2.75) is 26.7 Å². The van der Waals surface area contributed by atoms with Gasteiger partial charge in [0, 0.05) is 45.2 Å². The topological polar surface area (TPSA) is 44.4 Å². The SMILES string of the molecule is CCC(CC)C(=O)NCCN1CCNCC1.Cl. The summed E-state index contributed by atoms with van der Waals surface area (Å²) in [6.07, 6.45) is 1.88. The van der Waals surface area contributed by atoms with Gasteiger partial charge in [-0.25, -0.2) is 0 Å². The van der Waals surface area contributed by atoms with Crippen LogP contribution in [0.5, 0.6) is 0 Å². The fraction of sp³-hybridized carbons (Fsp3) is 0.917. The van der Waals surface area contributed by atoms with Crippen LogP contribution in [0, 0.1) is 5.92 Å². The molecule has 5 heteroatoms. The van der Waals surface area contributed by atoms with E-state index in [4.69, 9.17) is 0 Å². The Kier molecular flexibility index (Phi) is 9.50. The van der Waals surface area contributed by atoms with E-state index in [1.165, 1.54) is 0 Å². The van der Waals surface area contributed by atoms with Crippen LogP contribution in [0.4, 0.5) is 0 Å². The molecule has 0 saturated carbocycles. The first kappa shape index (κ1) is 16.7. The van der Waals surface area contributed by atoms with Gasteiger partial charge < -0.3 is 10.6 Å². The summed E-state index contributed by atoms with van der Waals surface area (Å²) in [4.78, 5) is 14.1. The van der Waals surface area contributed by atoms with Crippen LogP contribution in [0.3, 0.4) is 0 Å². The van der Waals surface area contributed by atoms with Crippen LogP contribution in [0.15, 0.2) is 0 Å². The monoisotopic (exact) mass is 263 g/mol. The molecule has 1 amide bonds. The number of nitrogens with one attached hydrogen (secondary N) is 2. The zero-order valence-corrected chi connectivity index (χ0v) is 11.8. The lowest BCUT2D eigenvalue weighted by Gasteiger charge is -2.27. The highest BCUT2D eigenvalue weighted by molar-refractivity contribution is 5.85. The Labute approximate surface area is 111 Å². The highest BCUT2D eigenvalue weighted by Crippen LogP contribution is 2.06. The van der Waals surface area contributed by atoms with Crippen molar-refractivity contribution >= 4 is 18.3 Å². The van der Waals surface area contributed by atoms with Crippen molar-refractivity contribution in [1.82, 2.24) is 15.5 Å². The molecule has 0 aromatic carbocycles. The fourth-order valence-electron chi connectivity index (χ4n) is 2.08. The summed E-state index contributed by atoms with van der Waals surface area (Å²) >= 11 is 0. The van der Waals surface area contributed by atoms with Gasteiger partial charge in [-0.15, -0.1) is 12.4 Å². The number of carbonyl (C=O) groups is 1. The number of halogens is 1. The number of hydrogen-bond acceptors (Lipinski definition) is 3. The maximum atomic E-state index is 11.7. The third-order valence-electron chi connectivity index (χ3n) is 3.29. The molecule has 1 fully saturated rings. The normalized spacial score (nSPS) is 16.6. The largest absolute Gasteiger partial charge is 0.355 e. The molecule has 0 radical (unpaired) electrons. The molecule has 1 saturated heterocycles. The van der Waals surface area contributed by atoms with Crippen LogP contribution in [-0.4, -0.2) is 50.1 Å². The van der Waals surface area contributed by atoms with E-state index in [1.54, 1.807) is 0 Å². The quantitative estimate of drug-likeness (QED) is 0.747. The second-order valence-electron chi connectivity index (χ2n) is 4.40. The summed E-state index contributed by atoms with van der Waals surface area (Å²) in [5, 5.41) is 6.35. The van der Waals surface area contributed by atoms with Gasteiger partial charge in [-0.3, -0.25) is 9.69 Å². The van der Waals surface area contributed by atoms with Crippen molar-refractivity contribution in [2.24, 2.45) is 5.92 Å². The minimum Gasteiger partial charge on any atom is -0.355 e. The van der Waals surface area contributed by atoms with Crippen molar-refractivity contribution in [3.63, 3.8) is 0 Å². The van der Waals surface area contributed by atoms with Crippen LogP contribution in [0.1, 0.15) is 26.7 Å². The van der Waals surface area contributed by atoms with Crippen molar-refractivity contribution in [1.29, 1.82) is 0 Å². The first-order chi connectivity index (χ1) is 7.77. The first-order valence-corrected chi connectivity index (χ1v) is 6.48. The Morgan fingerprint density at radius 3 is 2.41 bits per heavy atom. The van der Waals surface area contributed by atoms with E-state index in [2.05, 4.69) is 29.4 Å². The summed E-state index contributed by atoms with van der Waals surface area (Å²) in [5.74, 6) is 0.420. The van der Waals surface area contributed by atoms with Crippen molar-refractivity contribution in [3.8, 4) is 0 Å². The lowest BCUT2D eigenvalue weighted by atomic mass is 10.0. The van der Waals surface area contributed by atoms with Gasteiger partial charge in [0.2, 0.25) is 5.91 Å². The molecule has 1 aliphatic heterocycles. The standard InChI is InChI=1S/C12H25N3O.ClH/c1-3-11(4-2)12(16)14-7-10-15-8-5-13-6-9-15;/h11,13H,3-10H2,1-2H3,(H,14,16);1H. The highest BCUT2D eigenvalue weighted by Gasteiger charge is 2.14. The Morgan fingerprint density at radius 2 is 1.88 bits per heavy atom. The summed E-state index contributed by atoms with van der Waals surface area (Å²) < 4.78 is 0. The van der Waals surface area contributed by atoms with Crippen molar-refractivity contribution < 1.29 is 4.79 Å². The molecule has 0 aliphatic carbocycles. The van der Waals surface area contributed by atoms with E-state index >= 15 is 0 Å². The number of hydrogen-bond donors (Lipinski definition) is 2. The maximum absolute atomic E-state index is 11.7. The van der Waals surface area contributed by atoms with E-state index in [-0.39, 0.29) is 24.2 Å². The molecule has 1 heterocycles. The Balaban J connectivity index is 0.00000256. The average molecular weight is 264 g/mol. The van der Waals surface area contributed by atoms with Gasteiger partial charge >= 0.3 is 0 Å². The number of amides is 1. The van der Waals surface area contributed by atoms with Crippen LogP contribution < -0.4 is 10.6 Å². The second kappa shape index (κ2) is 9.68. The van der Waals surface area contributed by atoms with Gasteiger partial charge in [0.15, 0.2) is 0 Å². The van der Waals surface area contributed by atoms with Crippen LogP contribution in [0.25, 0.3) is 0 Å². The molecule has 4 nitrogen and oxygen atoms in total. The number of rotatable bonds is 6. The van der Waals surface area contributed by atoms with Gasteiger partial charge in [-0.2, -0.15) is 0 Å². The molecule has 1 rings (SSSR count). The fourth-order valence-corrected chi connectivity index (χ4v) is 2.08. The van der Waals surface area contributed by atoms with Gasteiger partial charge in [0.1, 0.15) is 0 Å². The molecule has 1 aliphatic rings. The first-order valence-electron chi connectivity index (χ1n) is 6.48. The molecule has 0 aromatic heterocycles. The van der Waals surface area contributed by atoms with Crippen molar-refractivity contribution in [2.75, 3.05) is 39.3 Å². The zero-order valence-electron chi connectivity index (χ0n) is 11.0. The summed E-state index contributed by atoms with van der Waals surface area (Å²) in [5.41, 5.74) is 0. The van der Waals surface area contributed by atoms with Gasteiger partial charge in [0.25, 0.3) is 0 Å². The lowest BCUT2D eigenvalue weighted by molar-refractivity contribution is -0.125. The van der Waals surface area contributed by atoms with Gasteiger partial charge in [-0.1, -0.05) is 13.8 Å².